The van der Waals surface area contributed by atoms with E-state index in [9.17, 15) is 23.6 Å². The van der Waals surface area contributed by atoms with Crippen LogP contribution < -0.4 is 15.1 Å². The number of benzene rings is 3. The minimum Gasteiger partial charge on any atom is -0.324 e. The number of anilines is 2. The minimum atomic E-state index is -0.876. The van der Waals surface area contributed by atoms with Crippen LogP contribution in [0.1, 0.15) is 16.4 Å². The van der Waals surface area contributed by atoms with Crippen LogP contribution in [0.4, 0.5) is 15.8 Å². The maximum absolute atomic E-state index is 13.8. The first-order valence-electron chi connectivity index (χ1n) is 12.2. The van der Waals surface area contributed by atoms with Crippen LogP contribution in [0.3, 0.4) is 0 Å². The van der Waals surface area contributed by atoms with Crippen LogP contribution in [0, 0.1) is 11.7 Å². The van der Waals surface area contributed by atoms with Crippen molar-refractivity contribution in [1.82, 2.24) is 4.57 Å². The third-order valence-corrected chi connectivity index (χ3v) is 10.5. The molecule has 7 nitrogen and oxygen atoms in total. The number of thiazole rings is 1. The topological polar surface area (TPSA) is 88.5 Å². The summed E-state index contributed by atoms with van der Waals surface area (Å²) in [4.78, 5) is 55.0. The Morgan fingerprint density at radius 2 is 1.61 bits per heavy atom. The number of rotatable bonds is 5. The Morgan fingerprint density at radius 3 is 2.29 bits per heavy atom. The first kappa shape index (κ1) is 28.0. The maximum Gasteiger partial charge on any atom is 0.308 e. The van der Waals surface area contributed by atoms with Gasteiger partial charge in [0.1, 0.15) is 17.6 Å². The van der Waals surface area contributed by atoms with Crippen LogP contribution in [0.2, 0.25) is 15.1 Å². The average Bonchev–Trinajstić information content (AvgIpc) is 3.38. The highest BCUT2D eigenvalue weighted by Gasteiger charge is 2.56. The molecule has 1 aromatic heterocycles. The van der Waals surface area contributed by atoms with E-state index in [-0.39, 0.29) is 17.3 Å². The second kappa shape index (κ2) is 10.9. The van der Waals surface area contributed by atoms with E-state index in [1.807, 2.05) is 0 Å². The van der Waals surface area contributed by atoms with Gasteiger partial charge in [-0.25, -0.2) is 9.29 Å². The van der Waals surface area contributed by atoms with Crippen LogP contribution >= 0.6 is 57.9 Å². The molecule has 2 aliphatic rings. The number of nitrogens with zero attached hydrogens (tertiary/aromatic N) is 2. The summed E-state index contributed by atoms with van der Waals surface area (Å²) < 4.78 is 14.9. The Kier molecular flexibility index (Phi) is 7.46. The normalized spacial score (nSPS) is 19.7. The molecule has 0 bridgehead atoms. The number of halogens is 4. The number of hydrogen-bond donors (Lipinski definition) is 1. The van der Waals surface area contributed by atoms with Gasteiger partial charge in [0.05, 0.1) is 26.7 Å². The van der Waals surface area contributed by atoms with Crippen molar-refractivity contribution in [1.29, 1.82) is 0 Å². The van der Waals surface area contributed by atoms with Crippen LogP contribution in [-0.4, -0.2) is 27.5 Å². The second-order valence-electron chi connectivity index (χ2n) is 9.38. The molecule has 1 N–H and O–H groups in total. The van der Waals surface area contributed by atoms with E-state index in [0.717, 1.165) is 28.0 Å². The van der Waals surface area contributed by atoms with Crippen molar-refractivity contribution in [3.05, 3.63) is 108 Å². The molecule has 3 heterocycles. The maximum atomic E-state index is 13.8. The molecule has 0 unspecified atom stereocenters. The summed E-state index contributed by atoms with van der Waals surface area (Å²) in [6, 6.07) is 16.6. The first-order chi connectivity index (χ1) is 19.6. The lowest BCUT2D eigenvalue weighted by Gasteiger charge is -2.30. The predicted octanol–water partition coefficient (Wildman–Crippen LogP) is 6.44. The Morgan fingerprint density at radius 1 is 0.902 bits per heavy atom. The fourth-order valence-corrected chi connectivity index (χ4v) is 8.24. The number of carbonyl (C=O) groups is 3. The van der Waals surface area contributed by atoms with E-state index in [2.05, 4.69) is 5.32 Å². The number of nitrogens with one attached hydrogen (secondary N) is 1. The van der Waals surface area contributed by atoms with Gasteiger partial charge in [-0.05, 0) is 60.2 Å². The number of aromatic nitrogens is 1. The van der Waals surface area contributed by atoms with Crippen molar-refractivity contribution in [2.24, 2.45) is 5.92 Å². The zero-order chi connectivity index (χ0) is 29.0. The molecule has 1 fully saturated rings. The van der Waals surface area contributed by atoms with E-state index in [1.165, 1.54) is 34.9 Å². The molecule has 2 aliphatic heterocycles. The number of carbonyl (C=O) groups excluding carboxylic acids is 3. The van der Waals surface area contributed by atoms with Crippen molar-refractivity contribution in [2.75, 3.05) is 10.2 Å². The lowest BCUT2D eigenvalue weighted by Crippen LogP contribution is -2.33. The van der Waals surface area contributed by atoms with E-state index in [1.54, 1.807) is 36.4 Å². The molecule has 3 amide bonds. The fraction of sp³-hybridized carbons (Fsp3) is 0.143. The van der Waals surface area contributed by atoms with Gasteiger partial charge in [0.2, 0.25) is 17.7 Å². The van der Waals surface area contributed by atoms with E-state index in [4.69, 9.17) is 34.8 Å². The molecule has 13 heteroatoms. The number of fused-ring (bicyclic) bond motifs is 2. The van der Waals surface area contributed by atoms with Gasteiger partial charge in [-0.1, -0.05) is 70.0 Å². The quantitative estimate of drug-likeness (QED) is 0.252. The van der Waals surface area contributed by atoms with Gasteiger partial charge in [0, 0.05) is 21.5 Å². The molecule has 1 saturated heterocycles. The molecule has 6 rings (SSSR count). The number of thioether (sulfide) groups is 1. The van der Waals surface area contributed by atoms with E-state index in [0.29, 0.717) is 31.2 Å². The van der Waals surface area contributed by atoms with Gasteiger partial charge >= 0.3 is 4.87 Å². The highest BCUT2D eigenvalue weighted by Crippen LogP contribution is 2.54. The summed E-state index contributed by atoms with van der Waals surface area (Å²) in [7, 11) is 0. The largest absolute Gasteiger partial charge is 0.324 e. The zero-order valence-corrected chi connectivity index (χ0v) is 24.5. The molecule has 0 aliphatic carbocycles. The van der Waals surface area contributed by atoms with Crippen LogP contribution in [0.25, 0.3) is 0 Å². The summed E-state index contributed by atoms with van der Waals surface area (Å²) in [5.41, 5.74) is 1.36. The van der Waals surface area contributed by atoms with Crippen molar-refractivity contribution in [2.45, 2.75) is 22.7 Å². The van der Waals surface area contributed by atoms with Crippen molar-refractivity contribution in [3.63, 3.8) is 0 Å². The summed E-state index contributed by atoms with van der Waals surface area (Å²) in [5, 5.41) is 3.35. The van der Waals surface area contributed by atoms with Gasteiger partial charge in [-0.2, -0.15) is 0 Å². The highest BCUT2D eigenvalue weighted by molar-refractivity contribution is 8.00. The third-order valence-electron chi connectivity index (χ3n) is 6.87. The minimum absolute atomic E-state index is 0.257. The summed E-state index contributed by atoms with van der Waals surface area (Å²) in [5.74, 6) is -3.39. The molecular weight excluding hydrogens is 632 g/mol. The van der Waals surface area contributed by atoms with E-state index >= 15 is 0 Å². The second-order valence-corrected chi connectivity index (χ2v) is 12.8. The lowest BCUT2D eigenvalue weighted by atomic mass is 9.83. The molecule has 0 saturated carbocycles. The molecule has 3 aromatic carbocycles. The Balaban J connectivity index is 1.40. The van der Waals surface area contributed by atoms with Gasteiger partial charge in [-0.15, -0.1) is 0 Å². The molecular formula is C28H17Cl3FN3O4S2. The molecule has 4 aromatic rings. The van der Waals surface area contributed by atoms with Gasteiger partial charge < -0.3 is 5.32 Å². The molecule has 3 atom stereocenters. The molecule has 0 spiro atoms. The first-order valence-corrected chi connectivity index (χ1v) is 15.0. The zero-order valence-electron chi connectivity index (χ0n) is 20.6. The number of hydrogen-bond acceptors (Lipinski definition) is 6. The highest BCUT2D eigenvalue weighted by atomic mass is 35.5. The fourth-order valence-electron chi connectivity index (χ4n) is 5.05. The summed E-state index contributed by atoms with van der Waals surface area (Å²) >= 11 is 20.2. The Labute approximate surface area is 255 Å². The van der Waals surface area contributed by atoms with Crippen molar-refractivity contribution in [3.8, 4) is 0 Å². The van der Waals surface area contributed by atoms with Gasteiger partial charge in [-0.3, -0.25) is 23.7 Å². The molecule has 41 heavy (non-hydrogen) atoms. The SMILES string of the molecule is O=C(Cn1c2c(sc1=O)[C@@H](c1ccc(Cl)cc1)[C@@H]1C(=O)N(c3ccc(F)cc3)C(=O)[C@@H]1S2)Nc1ccc(Cl)c(Cl)c1. The predicted molar refractivity (Wildman–Crippen MR) is 159 cm³/mol. The smallest absolute Gasteiger partial charge is 0.308 e. The Hall–Kier alpha value is -3.15. The summed E-state index contributed by atoms with van der Waals surface area (Å²) in [6.45, 7) is -0.327. The number of imide groups is 1. The third kappa shape index (κ3) is 5.08. The Bertz CT molecular complexity index is 1780. The van der Waals surface area contributed by atoms with Crippen molar-refractivity contribution < 1.29 is 18.8 Å². The molecule has 0 radical (unpaired) electrons. The van der Waals surface area contributed by atoms with Crippen LogP contribution in [-0.2, 0) is 20.9 Å². The van der Waals surface area contributed by atoms with Crippen molar-refractivity contribution >= 4 is 87.0 Å². The van der Waals surface area contributed by atoms with Gasteiger partial charge in [0.25, 0.3) is 0 Å². The standard InChI is InChI=1S/C28H17Cl3FN3O4S2/c29-14-3-1-13(2-4-14)21-22-23(26(38)35(25(22)37)17-8-5-15(32)6-9-17)40-27-24(21)41-28(39)34(27)12-20(36)33-16-7-10-18(30)19(31)11-16/h1-11,21-23H,12H2,(H,33,36)/t21-,22-,23+/m0/s1. The van der Waals surface area contributed by atoms with Gasteiger partial charge in [0.15, 0.2) is 0 Å². The average molecular weight is 649 g/mol. The summed E-state index contributed by atoms with van der Waals surface area (Å²) in [6.07, 6.45) is 0. The van der Waals surface area contributed by atoms with Crippen LogP contribution in [0.15, 0.2) is 76.6 Å². The van der Waals surface area contributed by atoms with E-state index < -0.39 is 45.5 Å². The molecule has 208 valence electrons. The van der Waals surface area contributed by atoms with Crippen LogP contribution in [0.5, 0.6) is 0 Å². The monoisotopic (exact) mass is 647 g/mol. The lowest BCUT2D eigenvalue weighted by molar-refractivity contribution is -0.122. The number of amides is 3.